The summed E-state index contributed by atoms with van der Waals surface area (Å²) in [6.07, 6.45) is -0.414. The van der Waals surface area contributed by atoms with Crippen molar-refractivity contribution in [3.05, 3.63) is 33.8 Å². The number of halogens is 2. The summed E-state index contributed by atoms with van der Waals surface area (Å²) in [6.45, 7) is 2.67. The van der Waals surface area contributed by atoms with Crippen LogP contribution in [0.2, 0.25) is 0 Å². The van der Waals surface area contributed by atoms with E-state index in [1.165, 1.54) is 0 Å². The SMILES string of the molecule is Cc1ccc(Br)c(C(=O)N2CC[C@@H](F)C2)c1. The van der Waals surface area contributed by atoms with E-state index >= 15 is 0 Å². The minimum Gasteiger partial charge on any atom is -0.336 e. The average Bonchev–Trinajstić information content (AvgIpc) is 2.67. The standard InChI is InChI=1S/C12H13BrFNO/c1-8-2-3-11(13)10(6-8)12(16)15-5-4-9(14)7-15/h2-3,6,9H,4-5,7H2,1H3/t9-/m1/s1. The van der Waals surface area contributed by atoms with Crippen LogP contribution >= 0.6 is 15.9 Å². The fraction of sp³-hybridized carbons (Fsp3) is 0.417. The lowest BCUT2D eigenvalue weighted by Gasteiger charge is -2.16. The fourth-order valence-electron chi connectivity index (χ4n) is 1.88. The second-order valence-corrected chi connectivity index (χ2v) is 4.97. The van der Waals surface area contributed by atoms with Crippen molar-refractivity contribution in [1.82, 2.24) is 4.90 Å². The molecule has 2 nitrogen and oxygen atoms in total. The Morgan fingerprint density at radius 2 is 2.31 bits per heavy atom. The molecule has 0 saturated carbocycles. The molecule has 1 aromatic carbocycles. The smallest absolute Gasteiger partial charge is 0.255 e. The molecule has 0 aliphatic carbocycles. The Balaban J connectivity index is 2.23. The third-order valence-electron chi connectivity index (χ3n) is 2.77. The van der Waals surface area contributed by atoms with Crippen molar-refractivity contribution >= 4 is 21.8 Å². The van der Waals surface area contributed by atoms with Gasteiger partial charge in [0.2, 0.25) is 0 Å². The van der Waals surface area contributed by atoms with Crippen molar-refractivity contribution in [2.24, 2.45) is 0 Å². The van der Waals surface area contributed by atoms with Crippen molar-refractivity contribution in [1.29, 1.82) is 0 Å². The van der Waals surface area contributed by atoms with Crippen molar-refractivity contribution < 1.29 is 9.18 Å². The zero-order valence-corrected chi connectivity index (χ0v) is 10.6. The van der Waals surface area contributed by atoms with Crippen molar-refractivity contribution in [2.45, 2.75) is 19.5 Å². The highest BCUT2D eigenvalue weighted by Crippen LogP contribution is 2.22. The maximum absolute atomic E-state index is 13.0. The summed E-state index contributed by atoms with van der Waals surface area (Å²) in [4.78, 5) is 13.7. The van der Waals surface area contributed by atoms with Gasteiger partial charge in [-0.25, -0.2) is 4.39 Å². The Labute approximate surface area is 103 Å². The van der Waals surface area contributed by atoms with Gasteiger partial charge in [-0.05, 0) is 41.4 Å². The molecule has 0 aromatic heterocycles. The average molecular weight is 286 g/mol. The van der Waals surface area contributed by atoms with Gasteiger partial charge in [0, 0.05) is 11.0 Å². The molecule has 1 atom stereocenters. The van der Waals surface area contributed by atoms with E-state index < -0.39 is 6.17 Å². The van der Waals surface area contributed by atoms with Crippen LogP contribution in [-0.4, -0.2) is 30.1 Å². The van der Waals surface area contributed by atoms with Crippen LogP contribution in [0.4, 0.5) is 4.39 Å². The number of hydrogen-bond donors (Lipinski definition) is 0. The summed E-state index contributed by atoms with van der Waals surface area (Å²) in [5.41, 5.74) is 1.65. The molecule has 1 aliphatic rings. The van der Waals surface area contributed by atoms with Crippen LogP contribution in [0.25, 0.3) is 0 Å². The van der Waals surface area contributed by atoms with Gasteiger partial charge in [0.05, 0.1) is 12.1 Å². The van der Waals surface area contributed by atoms with Gasteiger partial charge in [-0.15, -0.1) is 0 Å². The molecule has 4 heteroatoms. The minimum absolute atomic E-state index is 0.0873. The second kappa shape index (κ2) is 4.53. The van der Waals surface area contributed by atoms with Crippen molar-refractivity contribution in [2.75, 3.05) is 13.1 Å². The first-order chi connectivity index (χ1) is 7.58. The number of benzene rings is 1. The first kappa shape index (κ1) is 11.6. The monoisotopic (exact) mass is 285 g/mol. The Bertz CT molecular complexity index is 421. The van der Waals surface area contributed by atoms with Crippen LogP contribution in [0.15, 0.2) is 22.7 Å². The van der Waals surface area contributed by atoms with Crippen molar-refractivity contribution in [3.8, 4) is 0 Å². The minimum atomic E-state index is -0.868. The van der Waals surface area contributed by atoms with E-state index in [4.69, 9.17) is 0 Å². The van der Waals surface area contributed by atoms with E-state index in [1.54, 1.807) is 4.90 Å². The number of rotatable bonds is 1. The first-order valence-corrected chi connectivity index (χ1v) is 6.06. The molecule has 1 fully saturated rings. The summed E-state index contributed by atoms with van der Waals surface area (Å²) >= 11 is 3.35. The fourth-order valence-corrected chi connectivity index (χ4v) is 2.29. The second-order valence-electron chi connectivity index (χ2n) is 4.12. The number of amides is 1. The lowest BCUT2D eigenvalue weighted by Crippen LogP contribution is -2.29. The van der Waals surface area contributed by atoms with E-state index in [0.717, 1.165) is 10.0 Å². The predicted octanol–water partition coefficient (Wildman–Crippen LogP) is 2.94. The van der Waals surface area contributed by atoms with Crippen LogP contribution in [0.3, 0.4) is 0 Å². The maximum atomic E-state index is 13.0. The molecule has 1 heterocycles. The zero-order chi connectivity index (χ0) is 11.7. The number of carbonyl (C=O) groups excluding carboxylic acids is 1. The summed E-state index contributed by atoms with van der Waals surface area (Å²) < 4.78 is 13.8. The molecule has 1 amide bonds. The Morgan fingerprint density at radius 1 is 1.56 bits per heavy atom. The topological polar surface area (TPSA) is 20.3 Å². The van der Waals surface area contributed by atoms with Gasteiger partial charge >= 0.3 is 0 Å². The molecule has 1 saturated heterocycles. The van der Waals surface area contributed by atoms with E-state index in [0.29, 0.717) is 18.5 Å². The van der Waals surface area contributed by atoms with Crippen molar-refractivity contribution in [3.63, 3.8) is 0 Å². The summed E-state index contributed by atoms with van der Waals surface area (Å²) in [6, 6.07) is 5.62. The molecule has 86 valence electrons. The molecular formula is C12H13BrFNO. The highest BCUT2D eigenvalue weighted by molar-refractivity contribution is 9.10. The summed E-state index contributed by atoms with van der Waals surface area (Å²) in [7, 11) is 0. The normalized spacial score (nSPS) is 20.2. The number of alkyl halides is 1. The quantitative estimate of drug-likeness (QED) is 0.777. The Kier molecular flexibility index (Phi) is 3.28. The van der Waals surface area contributed by atoms with Crippen LogP contribution in [-0.2, 0) is 0 Å². The number of likely N-dealkylation sites (tertiary alicyclic amines) is 1. The molecule has 1 aliphatic heterocycles. The number of carbonyl (C=O) groups is 1. The third-order valence-corrected chi connectivity index (χ3v) is 3.46. The van der Waals surface area contributed by atoms with Crippen LogP contribution in [0, 0.1) is 6.92 Å². The summed E-state index contributed by atoms with van der Waals surface area (Å²) in [5, 5.41) is 0. The highest BCUT2D eigenvalue weighted by atomic mass is 79.9. The Hall–Kier alpha value is -0.900. The van der Waals surface area contributed by atoms with E-state index in [1.807, 2.05) is 25.1 Å². The van der Waals surface area contributed by atoms with Gasteiger partial charge in [0.25, 0.3) is 5.91 Å². The molecular weight excluding hydrogens is 273 g/mol. The predicted molar refractivity (Wildman–Crippen MR) is 64.3 cm³/mol. The molecule has 0 spiro atoms. The maximum Gasteiger partial charge on any atom is 0.255 e. The first-order valence-electron chi connectivity index (χ1n) is 5.27. The van der Waals surface area contributed by atoms with Crippen LogP contribution < -0.4 is 0 Å². The van der Waals surface area contributed by atoms with Gasteiger partial charge in [0.1, 0.15) is 6.17 Å². The molecule has 2 rings (SSSR count). The van der Waals surface area contributed by atoms with Gasteiger partial charge in [0.15, 0.2) is 0 Å². The number of aryl methyl sites for hydroxylation is 1. The molecule has 0 bridgehead atoms. The van der Waals surface area contributed by atoms with E-state index in [2.05, 4.69) is 15.9 Å². The van der Waals surface area contributed by atoms with Crippen LogP contribution in [0.5, 0.6) is 0 Å². The van der Waals surface area contributed by atoms with Gasteiger partial charge < -0.3 is 4.90 Å². The molecule has 0 unspecified atom stereocenters. The van der Waals surface area contributed by atoms with Gasteiger partial charge in [-0.1, -0.05) is 11.6 Å². The van der Waals surface area contributed by atoms with Crippen LogP contribution in [0.1, 0.15) is 22.3 Å². The zero-order valence-electron chi connectivity index (χ0n) is 9.04. The largest absolute Gasteiger partial charge is 0.336 e. The number of hydrogen-bond acceptors (Lipinski definition) is 1. The lowest BCUT2D eigenvalue weighted by atomic mass is 10.1. The van der Waals surface area contributed by atoms with Gasteiger partial charge in [-0.2, -0.15) is 0 Å². The molecule has 16 heavy (non-hydrogen) atoms. The van der Waals surface area contributed by atoms with Gasteiger partial charge in [-0.3, -0.25) is 4.79 Å². The summed E-state index contributed by atoms with van der Waals surface area (Å²) in [5.74, 6) is -0.0873. The lowest BCUT2D eigenvalue weighted by molar-refractivity contribution is 0.0782. The number of nitrogens with zero attached hydrogens (tertiary/aromatic N) is 1. The Morgan fingerprint density at radius 3 is 2.94 bits per heavy atom. The van der Waals surface area contributed by atoms with E-state index in [9.17, 15) is 9.18 Å². The van der Waals surface area contributed by atoms with E-state index in [-0.39, 0.29) is 12.5 Å². The molecule has 1 aromatic rings. The molecule has 0 radical (unpaired) electrons. The molecule has 0 N–H and O–H groups in total. The highest BCUT2D eigenvalue weighted by Gasteiger charge is 2.27. The third kappa shape index (κ3) is 2.26.